The van der Waals surface area contributed by atoms with Gasteiger partial charge in [0, 0.05) is 30.4 Å². The Hall–Kier alpha value is -0.460. The zero-order chi connectivity index (χ0) is 9.10. The molecule has 6 heteroatoms. The van der Waals surface area contributed by atoms with Crippen molar-refractivity contribution in [2.24, 2.45) is 0 Å². The fourth-order valence-electron chi connectivity index (χ4n) is 1.04. The summed E-state index contributed by atoms with van der Waals surface area (Å²) >= 11 is 1.60. The third-order valence-corrected chi connectivity index (χ3v) is 2.55. The highest BCUT2D eigenvalue weighted by Crippen LogP contribution is 2.23. The minimum atomic E-state index is 0. The Morgan fingerprint density at radius 3 is 2.40 bits per heavy atom. The molecule has 0 saturated heterocycles. The van der Waals surface area contributed by atoms with Gasteiger partial charge in [-0.2, -0.15) is 0 Å². The van der Waals surface area contributed by atoms with E-state index in [-0.39, 0.29) is 34.0 Å². The minimum Gasteiger partial charge on any atom is -0.365 e. The first-order valence-corrected chi connectivity index (χ1v) is 4.82. The van der Waals surface area contributed by atoms with Crippen LogP contribution in [0.3, 0.4) is 0 Å². The lowest BCUT2D eigenvalue weighted by Crippen LogP contribution is -1.85. The second-order valence-corrected chi connectivity index (χ2v) is 3.38. The largest absolute Gasteiger partial charge is 0.365 e. The lowest BCUT2D eigenvalue weighted by atomic mass is 10.2. The Morgan fingerprint density at radius 1 is 1.20 bits per heavy atom. The van der Waals surface area contributed by atoms with Crippen molar-refractivity contribution in [3.05, 3.63) is 29.9 Å². The van der Waals surface area contributed by atoms with Crippen molar-refractivity contribution >= 4 is 50.4 Å². The molecule has 2 aromatic rings. The van der Waals surface area contributed by atoms with Crippen molar-refractivity contribution in [1.29, 1.82) is 0 Å². The van der Waals surface area contributed by atoms with Crippen LogP contribution < -0.4 is 5.32 Å². The van der Waals surface area contributed by atoms with Gasteiger partial charge in [-0.1, -0.05) is 0 Å². The molecule has 2 aromatic heterocycles. The van der Waals surface area contributed by atoms with Gasteiger partial charge in [0.15, 0.2) is 5.13 Å². The van der Waals surface area contributed by atoms with Gasteiger partial charge in [0.2, 0.25) is 0 Å². The van der Waals surface area contributed by atoms with Crippen LogP contribution in [0.4, 0.5) is 5.13 Å². The van der Waals surface area contributed by atoms with Crippen molar-refractivity contribution < 1.29 is 0 Å². The molecule has 0 bridgehead atoms. The predicted molar refractivity (Wildman–Crippen MR) is 75.5 cm³/mol. The summed E-state index contributed by atoms with van der Waals surface area (Å²) in [6.45, 7) is 0. The summed E-state index contributed by atoms with van der Waals surface area (Å²) < 4.78 is 0. The topological polar surface area (TPSA) is 37.8 Å². The van der Waals surface area contributed by atoms with Crippen molar-refractivity contribution in [2.45, 2.75) is 0 Å². The van der Waals surface area contributed by atoms with Gasteiger partial charge in [-0.05, 0) is 12.1 Å². The molecule has 1 N–H and O–H groups in total. The number of aromatic nitrogens is 2. The van der Waals surface area contributed by atoms with Gasteiger partial charge in [-0.25, -0.2) is 4.98 Å². The summed E-state index contributed by atoms with van der Waals surface area (Å²) in [5, 5.41) is 5.97. The van der Waals surface area contributed by atoms with Gasteiger partial charge in [-0.3, -0.25) is 4.98 Å². The Kier molecular flexibility index (Phi) is 6.71. The fraction of sp³-hybridized carbons (Fsp3) is 0.111. The van der Waals surface area contributed by atoms with Crippen molar-refractivity contribution in [2.75, 3.05) is 12.4 Å². The first-order valence-electron chi connectivity index (χ1n) is 3.94. The van der Waals surface area contributed by atoms with Crippen LogP contribution in [0.5, 0.6) is 0 Å². The third kappa shape index (κ3) is 3.55. The molecule has 0 aliphatic rings. The van der Waals surface area contributed by atoms with E-state index in [1.165, 1.54) is 0 Å². The van der Waals surface area contributed by atoms with Crippen LogP contribution >= 0.6 is 45.3 Å². The molecule has 0 fully saturated rings. The average Bonchev–Trinajstić information content (AvgIpc) is 2.67. The molecule has 2 heterocycles. The summed E-state index contributed by atoms with van der Waals surface area (Å²) in [6.07, 6.45) is 3.54. The van der Waals surface area contributed by atoms with E-state index in [2.05, 4.69) is 15.3 Å². The number of anilines is 1. The highest BCUT2D eigenvalue weighted by atomic mass is 79.9. The molecule has 0 radical (unpaired) electrons. The van der Waals surface area contributed by atoms with Crippen LogP contribution in [-0.2, 0) is 0 Å². The monoisotopic (exact) mass is 351 g/mol. The van der Waals surface area contributed by atoms with E-state index in [0.717, 1.165) is 16.4 Å². The zero-order valence-electron chi connectivity index (χ0n) is 8.01. The molecule has 82 valence electrons. The third-order valence-electron chi connectivity index (χ3n) is 1.69. The summed E-state index contributed by atoms with van der Waals surface area (Å²) in [7, 11) is 1.87. The molecule has 3 nitrogen and oxygen atoms in total. The van der Waals surface area contributed by atoms with Crippen molar-refractivity contribution in [3.63, 3.8) is 0 Å². The van der Waals surface area contributed by atoms with E-state index in [4.69, 9.17) is 0 Å². The summed E-state index contributed by atoms with van der Waals surface area (Å²) in [4.78, 5) is 8.34. The quantitative estimate of drug-likeness (QED) is 0.900. The molecular formula is C9H11Br2N3S. The number of rotatable bonds is 2. The Labute approximate surface area is 114 Å². The Bertz CT molecular complexity index is 391. The van der Waals surface area contributed by atoms with Gasteiger partial charge in [0.1, 0.15) is 0 Å². The standard InChI is InChI=1S/C9H9N3S.2BrH/c1-10-9-12-8(6-13-9)7-2-4-11-5-3-7;;/h2-6H,1H3,(H,10,12);2*1H. The van der Waals surface area contributed by atoms with E-state index in [1.807, 2.05) is 24.6 Å². The molecule has 0 saturated carbocycles. The van der Waals surface area contributed by atoms with E-state index in [1.54, 1.807) is 23.7 Å². The number of thiazole rings is 1. The Morgan fingerprint density at radius 2 is 1.87 bits per heavy atom. The molecule has 2 rings (SSSR count). The lowest BCUT2D eigenvalue weighted by Gasteiger charge is -1.93. The smallest absolute Gasteiger partial charge is 0.182 e. The lowest BCUT2D eigenvalue weighted by molar-refractivity contribution is 1.31. The van der Waals surface area contributed by atoms with Crippen molar-refractivity contribution in [3.8, 4) is 11.3 Å². The molecular weight excluding hydrogens is 342 g/mol. The number of hydrogen-bond acceptors (Lipinski definition) is 4. The summed E-state index contributed by atoms with van der Waals surface area (Å²) in [5.41, 5.74) is 2.10. The molecule has 0 aliphatic carbocycles. The highest BCUT2D eigenvalue weighted by Gasteiger charge is 2.01. The zero-order valence-corrected chi connectivity index (χ0v) is 12.2. The molecule has 15 heavy (non-hydrogen) atoms. The van der Waals surface area contributed by atoms with Crippen LogP contribution in [0.1, 0.15) is 0 Å². The average molecular weight is 353 g/mol. The number of nitrogens with zero attached hydrogens (tertiary/aromatic N) is 2. The Balaban J connectivity index is 0.000000980. The number of pyridine rings is 1. The fourth-order valence-corrected chi connectivity index (χ4v) is 1.72. The van der Waals surface area contributed by atoms with E-state index >= 15 is 0 Å². The maximum Gasteiger partial charge on any atom is 0.182 e. The summed E-state index contributed by atoms with van der Waals surface area (Å²) in [6, 6.07) is 3.91. The maximum atomic E-state index is 4.38. The normalized spacial score (nSPS) is 8.60. The van der Waals surface area contributed by atoms with Gasteiger partial charge in [0.25, 0.3) is 0 Å². The molecule has 0 aromatic carbocycles. The predicted octanol–water partition coefficient (Wildman–Crippen LogP) is 3.40. The SMILES string of the molecule is Br.Br.CNc1nc(-c2ccncc2)cs1. The second kappa shape index (κ2) is 6.92. The van der Waals surface area contributed by atoms with Gasteiger partial charge < -0.3 is 5.32 Å². The first-order chi connectivity index (χ1) is 6.40. The summed E-state index contributed by atoms with van der Waals surface area (Å²) in [5.74, 6) is 0. The van der Waals surface area contributed by atoms with E-state index < -0.39 is 0 Å². The van der Waals surface area contributed by atoms with Crippen LogP contribution in [0.2, 0.25) is 0 Å². The van der Waals surface area contributed by atoms with Crippen LogP contribution in [0.15, 0.2) is 29.9 Å². The molecule has 0 spiro atoms. The molecule has 0 atom stereocenters. The van der Waals surface area contributed by atoms with Gasteiger partial charge in [-0.15, -0.1) is 45.3 Å². The van der Waals surface area contributed by atoms with E-state index in [0.29, 0.717) is 0 Å². The minimum absolute atomic E-state index is 0. The van der Waals surface area contributed by atoms with Crippen LogP contribution in [-0.4, -0.2) is 17.0 Å². The molecule has 0 unspecified atom stereocenters. The van der Waals surface area contributed by atoms with Crippen LogP contribution in [0.25, 0.3) is 11.3 Å². The van der Waals surface area contributed by atoms with Gasteiger partial charge >= 0.3 is 0 Å². The second-order valence-electron chi connectivity index (χ2n) is 2.52. The molecule has 0 aliphatic heterocycles. The first kappa shape index (κ1) is 14.5. The number of hydrogen-bond donors (Lipinski definition) is 1. The maximum absolute atomic E-state index is 4.38. The van der Waals surface area contributed by atoms with E-state index in [9.17, 15) is 0 Å². The number of nitrogens with one attached hydrogen (secondary N) is 1. The number of halogens is 2. The highest BCUT2D eigenvalue weighted by molar-refractivity contribution is 8.93. The van der Waals surface area contributed by atoms with Crippen molar-refractivity contribution in [1.82, 2.24) is 9.97 Å². The molecule has 0 amide bonds. The van der Waals surface area contributed by atoms with Crippen LogP contribution in [0, 0.1) is 0 Å². The van der Waals surface area contributed by atoms with Gasteiger partial charge in [0.05, 0.1) is 5.69 Å².